The minimum atomic E-state index is 0.644. The third-order valence-electron chi connectivity index (χ3n) is 4.82. The predicted octanol–water partition coefficient (Wildman–Crippen LogP) is 2.82. The normalized spacial score (nSPS) is 28.1. The molecule has 0 aromatic heterocycles. The number of hydrogen-bond acceptors (Lipinski definition) is 2. The molecule has 0 spiro atoms. The Labute approximate surface area is 117 Å². The first-order chi connectivity index (χ1) is 9.35. The van der Waals surface area contributed by atoms with E-state index in [2.05, 4.69) is 41.4 Å². The molecule has 1 fully saturated rings. The first-order valence-corrected chi connectivity index (χ1v) is 7.87. The van der Waals surface area contributed by atoms with Gasteiger partial charge in [0.05, 0.1) is 0 Å². The Morgan fingerprint density at radius 3 is 2.95 bits per heavy atom. The van der Waals surface area contributed by atoms with Crippen molar-refractivity contribution in [3.05, 3.63) is 35.4 Å². The number of benzene rings is 1. The van der Waals surface area contributed by atoms with E-state index in [1.54, 1.807) is 5.56 Å². The molecule has 104 valence electrons. The third-order valence-corrected chi connectivity index (χ3v) is 4.82. The Morgan fingerprint density at radius 1 is 1.26 bits per heavy atom. The summed E-state index contributed by atoms with van der Waals surface area (Å²) in [5, 5.41) is 3.71. The van der Waals surface area contributed by atoms with E-state index in [1.165, 1.54) is 50.9 Å². The number of likely N-dealkylation sites (tertiary alicyclic amines) is 1. The molecule has 2 aliphatic heterocycles. The maximum atomic E-state index is 3.71. The van der Waals surface area contributed by atoms with Crippen molar-refractivity contribution < 1.29 is 0 Å². The van der Waals surface area contributed by atoms with Gasteiger partial charge in [-0.2, -0.15) is 0 Å². The van der Waals surface area contributed by atoms with E-state index < -0.39 is 0 Å². The zero-order valence-electron chi connectivity index (χ0n) is 12.1. The van der Waals surface area contributed by atoms with Crippen LogP contribution in [0, 0.1) is 5.92 Å². The molecule has 0 aliphatic carbocycles. The predicted molar refractivity (Wildman–Crippen MR) is 80.2 cm³/mol. The number of rotatable bonds is 3. The van der Waals surface area contributed by atoms with E-state index in [-0.39, 0.29) is 0 Å². The average molecular weight is 258 g/mol. The van der Waals surface area contributed by atoms with Crippen LogP contribution in [0.25, 0.3) is 0 Å². The van der Waals surface area contributed by atoms with Crippen LogP contribution in [-0.2, 0) is 13.0 Å². The molecule has 2 heterocycles. The number of hydrogen-bond donors (Lipinski definition) is 1. The molecule has 0 radical (unpaired) electrons. The summed E-state index contributed by atoms with van der Waals surface area (Å²) in [6, 6.07) is 9.53. The summed E-state index contributed by atoms with van der Waals surface area (Å²) in [5.74, 6) is 0.935. The first-order valence-electron chi connectivity index (χ1n) is 7.87. The summed E-state index contributed by atoms with van der Waals surface area (Å²) in [6.07, 6.45) is 5.37. The number of nitrogens with zero attached hydrogens (tertiary/aromatic N) is 1. The largest absolute Gasteiger partial charge is 0.308 e. The molecule has 1 aromatic rings. The van der Waals surface area contributed by atoms with Gasteiger partial charge in [-0.1, -0.05) is 37.6 Å². The van der Waals surface area contributed by atoms with E-state index in [0.29, 0.717) is 6.04 Å². The van der Waals surface area contributed by atoms with E-state index >= 15 is 0 Å². The summed E-state index contributed by atoms with van der Waals surface area (Å²) in [5.41, 5.74) is 3.04. The molecule has 2 atom stereocenters. The molecular formula is C17H26N2. The average Bonchev–Trinajstić information content (AvgIpc) is 2.47. The molecule has 1 N–H and O–H groups in total. The molecular weight excluding hydrogens is 232 g/mol. The minimum Gasteiger partial charge on any atom is -0.308 e. The Balaban J connectivity index is 1.57. The Morgan fingerprint density at radius 2 is 2.11 bits per heavy atom. The Hall–Kier alpha value is -0.860. The van der Waals surface area contributed by atoms with Crippen molar-refractivity contribution in [3.63, 3.8) is 0 Å². The molecule has 0 saturated carbocycles. The second-order valence-corrected chi connectivity index (χ2v) is 6.23. The van der Waals surface area contributed by atoms with E-state index in [0.717, 1.165) is 12.5 Å². The standard InChI is InChI=1S/C17H26N2/c1-2-14-6-5-9-19(12-14)13-17-10-15-7-3-4-8-16(15)11-18-17/h3-4,7-8,14,17-18H,2,5-6,9-13H2,1H3. The molecule has 2 aliphatic rings. The maximum absolute atomic E-state index is 3.71. The summed E-state index contributed by atoms with van der Waals surface area (Å²) >= 11 is 0. The lowest BCUT2D eigenvalue weighted by Gasteiger charge is -2.36. The number of nitrogens with one attached hydrogen (secondary N) is 1. The first kappa shape index (κ1) is 13.1. The third kappa shape index (κ3) is 3.18. The number of piperidine rings is 1. The lowest BCUT2D eigenvalue weighted by atomic mass is 9.93. The van der Waals surface area contributed by atoms with Gasteiger partial charge in [-0.15, -0.1) is 0 Å². The van der Waals surface area contributed by atoms with Crippen LogP contribution in [0.1, 0.15) is 37.3 Å². The molecule has 3 rings (SSSR count). The van der Waals surface area contributed by atoms with Crippen LogP contribution in [0.15, 0.2) is 24.3 Å². The lowest BCUT2D eigenvalue weighted by Crippen LogP contribution is -2.47. The van der Waals surface area contributed by atoms with Crippen LogP contribution in [-0.4, -0.2) is 30.6 Å². The summed E-state index contributed by atoms with van der Waals surface area (Å²) in [7, 11) is 0. The van der Waals surface area contributed by atoms with E-state index in [9.17, 15) is 0 Å². The smallest absolute Gasteiger partial charge is 0.0238 e. The molecule has 2 heteroatoms. The van der Waals surface area contributed by atoms with Gasteiger partial charge >= 0.3 is 0 Å². The van der Waals surface area contributed by atoms with Crippen LogP contribution in [0.5, 0.6) is 0 Å². The highest BCUT2D eigenvalue weighted by atomic mass is 15.2. The van der Waals surface area contributed by atoms with Gasteiger partial charge in [0, 0.05) is 25.7 Å². The SMILES string of the molecule is CCC1CCCN(CC2Cc3ccccc3CN2)C1. The molecule has 19 heavy (non-hydrogen) atoms. The number of fused-ring (bicyclic) bond motifs is 1. The Bertz CT molecular complexity index is 415. The second-order valence-electron chi connectivity index (χ2n) is 6.23. The Kier molecular flexibility index (Phi) is 4.19. The quantitative estimate of drug-likeness (QED) is 0.897. The minimum absolute atomic E-state index is 0.644. The van der Waals surface area contributed by atoms with Crippen LogP contribution in [0.4, 0.5) is 0 Å². The highest BCUT2D eigenvalue weighted by Gasteiger charge is 2.23. The highest BCUT2D eigenvalue weighted by Crippen LogP contribution is 2.21. The van der Waals surface area contributed by atoms with Gasteiger partial charge in [-0.05, 0) is 42.9 Å². The van der Waals surface area contributed by atoms with Gasteiger partial charge in [0.1, 0.15) is 0 Å². The fourth-order valence-electron chi connectivity index (χ4n) is 3.61. The van der Waals surface area contributed by atoms with Crippen molar-refractivity contribution in [2.24, 2.45) is 5.92 Å². The highest BCUT2D eigenvalue weighted by molar-refractivity contribution is 5.29. The van der Waals surface area contributed by atoms with Crippen molar-refractivity contribution in [3.8, 4) is 0 Å². The lowest BCUT2D eigenvalue weighted by molar-refractivity contribution is 0.154. The maximum Gasteiger partial charge on any atom is 0.0238 e. The molecule has 2 nitrogen and oxygen atoms in total. The fourth-order valence-corrected chi connectivity index (χ4v) is 3.61. The molecule has 2 unspecified atom stereocenters. The van der Waals surface area contributed by atoms with Gasteiger partial charge in [0.2, 0.25) is 0 Å². The van der Waals surface area contributed by atoms with Crippen LogP contribution in [0.2, 0.25) is 0 Å². The molecule has 1 saturated heterocycles. The van der Waals surface area contributed by atoms with Crippen LogP contribution < -0.4 is 5.32 Å². The summed E-state index contributed by atoms with van der Waals surface area (Å²) in [4.78, 5) is 2.68. The van der Waals surface area contributed by atoms with E-state index in [1.807, 2.05) is 0 Å². The van der Waals surface area contributed by atoms with Crippen molar-refractivity contribution in [2.45, 2.75) is 45.2 Å². The van der Waals surface area contributed by atoms with Crippen LogP contribution in [0.3, 0.4) is 0 Å². The van der Waals surface area contributed by atoms with Crippen molar-refractivity contribution >= 4 is 0 Å². The summed E-state index contributed by atoms with van der Waals surface area (Å²) in [6.45, 7) is 7.23. The molecule has 0 bridgehead atoms. The van der Waals surface area contributed by atoms with Crippen molar-refractivity contribution in [1.29, 1.82) is 0 Å². The molecule has 0 amide bonds. The second kappa shape index (κ2) is 6.06. The fraction of sp³-hybridized carbons (Fsp3) is 0.647. The monoisotopic (exact) mass is 258 g/mol. The van der Waals surface area contributed by atoms with E-state index in [4.69, 9.17) is 0 Å². The van der Waals surface area contributed by atoms with Gasteiger partial charge in [-0.25, -0.2) is 0 Å². The van der Waals surface area contributed by atoms with Crippen molar-refractivity contribution in [2.75, 3.05) is 19.6 Å². The summed E-state index contributed by atoms with van der Waals surface area (Å²) < 4.78 is 0. The van der Waals surface area contributed by atoms with Gasteiger partial charge < -0.3 is 10.2 Å². The topological polar surface area (TPSA) is 15.3 Å². The van der Waals surface area contributed by atoms with Gasteiger partial charge in [-0.3, -0.25) is 0 Å². The molecule has 1 aromatic carbocycles. The van der Waals surface area contributed by atoms with Gasteiger partial charge in [0.15, 0.2) is 0 Å². The zero-order valence-corrected chi connectivity index (χ0v) is 12.1. The zero-order chi connectivity index (χ0) is 13.1. The van der Waals surface area contributed by atoms with Crippen molar-refractivity contribution in [1.82, 2.24) is 10.2 Å². The van der Waals surface area contributed by atoms with Crippen LogP contribution >= 0.6 is 0 Å². The van der Waals surface area contributed by atoms with Gasteiger partial charge in [0.25, 0.3) is 0 Å².